The van der Waals surface area contributed by atoms with Crippen molar-refractivity contribution in [3.8, 4) is 0 Å². The second kappa shape index (κ2) is 4.12. The van der Waals surface area contributed by atoms with Crippen LogP contribution in [0.15, 0.2) is 48.7 Å². The van der Waals surface area contributed by atoms with E-state index in [0.29, 0.717) is 6.04 Å². The molecular weight excluding hydrogens is 234 g/mol. The number of aromatic amines is 1. The molecule has 0 bridgehead atoms. The van der Waals surface area contributed by atoms with Gasteiger partial charge in [0.2, 0.25) is 0 Å². The predicted molar refractivity (Wildman–Crippen MR) is 77.2 cm³/mol. The highest BCUT2D eigenvalue weighted by molar-refractivity contribution is 5.82. The van der Waals surface area contributed by atoms with Gasteiger partial charge in [-0.3, -0.25) is 5.10 Å². The van der Waals surface area contributed by atoms with E-state index in [0.717, 1.165) is 18.4 Å². The van der Waals surface area contributed by atoms with Gasteiger partial charge in [-0.15, -0.1) is 0 Å². The number of H-pyrrole nitrogens is 1. The molecule has 2 heterocycles. The molecule has 0 saturated heterocycles. The van der Waals surface area contributed by atoms with Crippen LogP contribution < -0.4 is 5.32 Å². The summed E-state index contributed by atoms with van der Waals surface area (Å²) in [6, 6.07) is 15.3. The quantitative estimate of drug-likeness (QED) is 0.691. The van der Waals surface area contributed by atoms with Crippen LogP contribution >= 0.6 is 0 Å². The number of nitrogens with one attached hydrogen (secondary N) is 2. The third kappa shape index (κ3) is 1.70. The lowest BCUT2D eigenvalue weighted by Crippen LogP contribution is -2.18. The van der Waals surface area contributed by atoms with Crippen molar-refractivity contribution < 1.29 is 0 Å². The Morgan fingerprint density at radius 2 is 2.00 bits per heavy atom. The predicted octanol–water partition coefficient (Wildman–Crippen LogP) is 3.66. The van der Waals surface area contributed by atoms with E-state index in [2.05, 4.69) is 58.0 Å². The number of para-hydroxylation sites is 1. The molecule has 3 nitrogen and oxygen atoms in total. The van der Waals surface area contributed by atoms with Crippen LogP contribution in [0, 0.1) is 0 Å². The SMILES string of the molecule is c1ccc2c(c1)CCC(c1cccc3[nH]ncc13)N2. The smallest absolute Gasteiger partial charge is 0.0653 e. The summed E-state index contributed by atoms with van der Waals surface area (Å²) in [7, 11) is 0. The Hall–Kier alpha value is -2.29. The molecule has 19 heavy (non-hydrogen) atoms. The highest BCUT2D eigenvalue weighted by Crippen LogP contribution is 2.34. The van der Waals surface area contributed by atoms with E-state index in [1.54, 1.807) is 0 Å². The maximum absolute atomic E-state index is 4.15. The van der Waals surface area contributed by atoms with E-state index in [1.807, 2.05) is 6.20 Å². The lowest BCUT2D eigenvalue weighted by atomic mass is 9.92. The van der Waals surface area contributed by atoms with Gasteiger partial charge in [0.15, 0.2) is 0 Å². The Morgan fingerprint density at radius 3 is 3.00 bits per heavy atom. The van der Waals surface area contributed by atoms with Crippen LogP contribution in [0.25, 0.3) is 10.9 Å². The van der Waals surface area contributed by atoms with Gasteiger partial charge in [0.25, 0.3) is 0 Å². The van der Waals surface area contributed by atoms with Crippen molar-refractivity contribution in [2.75, 3.05) is 5.32 Å². The second-order valence-corrected chi connectivity index (χ2v) is 5.07. The van der Waals surface area contributed by atoms with Crippen LogP contribution in [-0.2, 0) is 6.42 Å². The van der Waals surface area contributed by atoms with Gasteiger partial charge in [-0.05, 0) is 36.1 Å². The van der Waals surface area contributed by atoms with Crippen molar-refractivity contribution in [2.24, 2.45) is 0 Å². The molecule has 1 aliphatic heterocycles. The topological polar surface area (TPSA) is 40.7 Å². The van der Waals surface area contributed by atoms with Crippen LogP contribution in [0.1, 0.15) is 23.6 Å². The zero-order valence-corrected chi connectivity index (χ0v) is 10.6. The lowest BCUT2D eigenvalue weighted by Gasteiger charge is -2.27. The van der Waals surface area contributed by atoms with E-state index in [9.17, 15) is 0 Å². The number of rotatable bonds is 1. The number of aryl methyl sites for hydroxylation is 1. The van der Waals surface area contributed by atoms with Gasteiger partial charge in [0.05, 0.1) is 17.8 Å². The highest BCUT2D eigenvalue weighted by atomic mass is 15.1. The molecule has 2 N–H and O–H groups in total. The van der Waals surface area contributed by atoms with Gasteiger partial charge in [-0.25, -0.2) is 0 Å². The fourth-order valence-corrected chi connectivity index (χ4v) is 2.97. The van der Waals surface area contributed by atoms with Crippen LogP contribution in [0.2, 0.25) is 0 Å². The van der Waals surface area contributed by atoms with Crippen molar-refractivity contribution in [3.05, 3.63) is 59.8 Å². The number of fused-ring (bicyclic) bond motifs is 2. The minimum Gasteiger partial charge on any atom is -0.378 e. The first-order valence-corrected chi connectivity index (χ1v) is 6.68. The zero-order chi connectivity index (χ0) is 12.7. The molecule has 0 fully saturated rings. The number of hydrogen-bond acceptors (Lipinski definition) is 2. The van der Waals surface area contributed by atoms with Crippen LogP contribution in [0.3, 0.4) is 0 Å². The average Bonchev–Trinajstić information content (AvgIpc) is 2.95. The number of anilines is 1. The summed E-state index contributed by atoms with van der Waals surface area (Å²) in [6.07, 6.45) is 4.18. The van der Waals surface area contributed by atoms with Crippen molar-refractivity contribution in [1.29, 1.82) is 0 Å². The molecule has 2 aromatic carbocycles. The molecule has 1 aliphatic rings. The summed E-state index contributed by atoms with van der Waals surface area (Å²) in [5, 5.41) is 12.1. The van der Waals surface area contributed by atoms with E-state index >= 15 is 0 Å². The highest BCUT2D eigenvalue weighted by Gasteiger charge is 2.20. The van der Waals surface area contributed by atoms with Crippen molar-refractivity contribution in [2.45, 2.75) is 18.9 Å². The first kappa shape index (κ1) is 10.6. The number of nitrogens with zero attached hydrogens (tertiary/aromatic N) is 1. The Kier molecular flexibility index (Phi) is 2.30. The molecule has 1 atom stereocenters. The minimum absolute atomic E-state index is 0.371. The number of hydrogen-bond donors (Lipinski definition) is 2. The molecule has 94 valence electrons. The Labute approximate surface area is 111 Å². The fourth-order valence-electron chi connectivity index (χ4n) is 2.97. The minimum atomic E-state index is 0.371. The van der Waals surface area contributed by atoms with Crippen molar-refractivity contribution in [1.82, 2.24) is 10.2 Å². The molecule has 0 aliphatic carbocycles. The standard InChI is InChI=1S/C16H15N3/c1-2-6-14-11(4-1)8-9-15(18-14)12-5-3-7-16-13(12)10-17-19-16/h1-7,10,15,18H,8-9H2,(H,17,19). The molecule has 3 aromatic rings. The molecule has 3 heteroatoms. The molecule has 4 rings (SSSR count). The maximum atomic E-state index is 4.15. The summed E-state index contributed by atoms with van der Waals surface area (Å²) < 4.78 is 0. The first-order chi connectivity index (χ1) is 9.42. The molecule has 1 aromatic heterocycles. The molecule has 0 amide bonds. The van der Waals surface area contributed by atoms with Gasteiger partial charge in [-0.2, -0.15) is 5.10 Å². The third-order valence-electron chi connectivity index (χ3n) is 3.94. The summed E-state index contributed by atoms with van der Waals surface area (Å²) >= 11 is 0. The average molecular weight is 249 g/mol. The first-order valence-electron chi connectivity index (χ1n) is 6.68. The van der Waals surface area contributed by atoms with E-state index in [1.165, 1.54) is 22.2 Å². The molecule has 1 unspecified atom stereocenters. The largest absolute Gasteiger partial charge is 0.378 e. The van der Waals surface area contributed by atoms with Gasteiger partial charge >= 0.3 is 0 Å². The summed E-state index contributed by atoms with van der Waals surface area (Å²) in [5.41, 5.74) is 5.12. The Balaban J connectivity index is 1.77. The maximum Gasteiger partial charge on any atom is 0.0653 e. The van der Waals surface area contributed by atoms with E-state index in [4.69, 9.17) is 0 Å². The second-order valence-electron chi connectivity index (χ2n) is 5.07. The fraction of sp³-hybridized carbons (Fsp3) is 0.188. The molecule has 0 radical (unpaired) electrons. The normalized spacial score (nSPS) is 18.0. The number of benzene rings is 2. The third-order valence-corrected chi connectivity index (χ3v) is 3.94. The van der Waals surface area contributed by atoms with Crippen molar-refractivity contribution >= 4 is 16.6 Å². The summed E-state index contributed by atoms with van der Waals surface area (Å²) in [6.45, 7) is 0. The van der Waals surface area contributed by atoms with Crippen molar-refractivity contribution in [3.63, 3.8) is 0 Å². The van der Waals surface area contributed by atoms with Gasteiger partial charge in [-0.1, -0.05) is 30.3 Å². The molecular formula is C16H15N3. The summed E-state index contributed by atoms with van der Waals surface area (Å²) in [4.78, 5) is 0. The Morgan fingerprint density at radius 1 is 1.05 bits per heavy atom. The molecule has 0 spiro atoms. The van der Waals surface area contributed by atoms with Crippen LogP contribution in [0.5, 0.6) is 0 Å². The Bertz CT molecular complexity index is 729. The van der Waals surface area contributed by atoms with Gasteiger partial charge in [0.1, 0.15) is 0 Å². The van der Waals surface area contributed by atoms with Crippen LogP contribution in [0.4, 0.5) is 5.69 Å². The number of aromatic nitrogens is 2. The van der Waals surface area contributed by atoms with Gasteiger partial charge < -0.3 is 5.32 Å². The molecule has 0 saturated carbocycles. The van der Waals surface area contributed by atoms with E-state index < -0.39 is 0 Å². The summed E-state index contributed by atoms with van der Waals surface area (Å²) in [5.74, 6) is 0. The van der Waals surface area contributed by atoms with Crippen LogP contribution in [-0.4, -0.2) is 10.2 Å². The monoisotopic (exact) mass is 249 g/mol. The van der Waals surface area contributed by atoms with E-state index in [-0.39, 0.29) is 0 Å². The van der Waals surface area contributed by atoms with Gasteiger partial charge in [0, 0.05) is 11.1 Å². The zero-order valence-electron chi connectivity index (χ0n) is 10.6. The lowest BCUT2D eigenvalue weighted by molar-refractivity contribution is 0.672.